The van der Waals surface area contributed by atoms with Gasteiger partial charge in [-0.3, -0.25) is 0 Å². The monoisotopic (exact) mass is 386 g/mol. The molecule has 1 aromatic rings. The highest BCUT2D eigenvalue weighted by molar-refractivity contribution is 9.08. The summed E-state index contributed by atoms with van der Waals surface area (Å²) in [6, 6.07) is 3.79. The number of alkyl halides is 2. The molecule has 0 atom stereocenters. The maximum Gasteiger partial charge on any atom is 0.335 e. The van der Waals surface area contributed by atoms with Crippen LogP contribution >= 0.6 is 31.9 Å². The van der Waals surface area contributed by atoms with Crippen molar-refractivity contribution in [3.8, 4) is 0 Å². The highest BCUT2D eigenvalue weighted by Gasteiger charge is 2.14. The average Bonchev–Trinajstić information content (AvgIpc) is 2.42. The van der Waals surface area contributed by atoms with E-state index in [9.17, 15) is 9.90 Å². The van der Waals surface area contributed by atoms with E-state index in [1.165, 1.54) is 0 Å². The number of halogens is 2. The second-order valence-electron chi connectivity index (χ2n) is 4.06. The smallest absolute Gasteiger partial charge is 0.335 e. The maximum absolute atomic E-state index is 11.4. The Morgan fingerprint density at radius 2 is 2.05 bits per heavy atom. The summed E-state index contributed by atoms with van der Waals surface area (Å²) in [6.45, 7) is 3.61. The van der Waals surface area contributed by atoms with Crippen molar-refractivity contribution < 1.29 is 9.90 Å². The first-order chi connectivity index (χ1) is 9.13. The van der Waals surface area contributed by atoms with Gasteiger partial charge >= 0.3 is 5.97 Å². The Bertz CT molecular complexity index is 493. The lowest BCUT2D eigenvalue weighted by molar-refractivity contribution is 0.0695. The number of allylic oxidation sites excluding steroid dienone is 3. The van der Waals surface area contributed by atoms with Crippen LogP contribution in [0.1, 0.15) is 33.5 Å². The van der Waals surface area contributed by atoms with Crippen LogP contribution in [0, 0.1) is 0 Å². The van der Waals surface area contributed by atoms with Crippen molar-refractivity contribution in [3.63, 3.8) is 0 Å². The summed E-state index contributed by atoms with van der Waals surface area (Å²) in [7, 11) is 0. The van der Waals surface area contributed by atoms with Gasteiger partial charge < -0.3 is 5.11 Å². The number of carboxylic acids is 1. The molecule has 0 fully saturated rings. The second kappa shape index (κ2) is 8.33. The Hall–Kier alpha value is -0.870. The molecule has 4 heteroatoms. The van der Waals surface area contributed by atoms with Gasteiger partial charge in [0, 0.05) is 10.7 Å². The number of carbonyl (C=O) groups is 1. The van der Waals surface area contributed by atoms with Crippen LogP contribution < -0.4 is 0 Å². The molecule has 102 valence electrons. The fourth-order valence-corrected chi connectivity index (χ4v) is 2.72. The first-order valence-corrected chi connectivity index (χ1v) is 8.15. The van der Waals surface area contributed by atoms with Gasteiger partial charge in [-0.1, -0.05) is 62.7 Å². The summed E-state index contributed by atoms with van der Waals surface area (Å²) in [5.41, 5.74) is 3.33. The zero-order valence-electron chi connectivity index (χ0n) is 10.5. The standard InChI is InChI=1S/C15H16Br2O2/c1-2-3-4-5-6-13-12(10-17)7-11(9-16)8-14(13)15(18)19/h2-4,7-8H,1,5-6,9-10H2,(H,18,19). The molecule has 0 unspecified atom stereocenters. The Balaban J connectivity index is 3.13. The van der Waals surface area contributed by atoms with Gasteiger partial charge in [0.2, 0.25) is 0 Å². The first-order valence-electron chi connectivity index (χ1n) is 5.91. The van der Waals surface area contributed by atoms with Crippen molar-refractivity contribution >= 4 is 37.8 Å². The first kappa shape index (κ1) is 16.2. The topological polar surface area (TPSA) is 37.3 Å². The average molecular weight is 388 g/mol. The van der Waals surface area contributed by atoms with Crippen molar-refractivity contribution in [2.75, 3.05) is 0 Å². The van der Waals surface area contributed by atoms with Gasteiger partial charge in [-0.05, 0) is 35.6 Å². The van der Waals surface area contributed by atoms with E-state index in [0.717, 1.165) is 29.5 Å². The van der Waals surface area contributed by atoms with Gasteiger partial charge in [0.15, 0.2) is 0 Å². The molecule has 0 saturated heterocycles. The molecular weight excluding hydrogens is 372 g/mol. The second-order valence-corrected chi connectivity index (χ2v) is 5.18. The van der Waals surface area contributed by atoms with Gasteiger partial charge in [0.1, 0.15) is 0 Å². The van der Waals surface area contributed by atoms with E-state index in [1.54, 1.807) is 12.1 Å². The lowest BCUT2D eigenvalue weighted by atomic mass is 9.95. The predicted molar refractivity (Wildman–Crippen MR) is 86.3 cm³/mol. The molecule has 0 saturated carbocycles. The van der Waals surface area contributed by atoms with Gasteiger partial charge in [-0.2, -0.15) is 0 Å². The molecule has 0 aliphatic rings. The predicted octanol–water partition coefficient (Wildman–Crippen LogP) is 4.85. The Morgan fingerprint density at radius 3 is 2.58 bits per heavy atom. The molecule has 2 nitrogen and oxygen atoms in total. The maximum atomic E-state index is 11.4. The van der Waals surface area contributed by atoms with Crippen LogP contribution in [0.25, 0.3) is 0 Å². The van der Waals surface area contributed by atoms with E-state index < -0.39 is 5.97 Å². The number of hydrogen-bond acceptors (Lipinski definition) is 1. The third-order valence-corrected chi connectivity index (χ3v) is 4.02. The third kappa shape index (κ3) is 4.62. The lowest BCUT2D eigenvalue weighted by Gasteiger charge is -2.12. The molecule has 0 bridgehead atoms. The van der Waals surface area contributed by atoms with Gasteiger partial charge in [-0.25, -0.2) is 4.79 Å². The van der Waals surface area contributed by atoms with Crippen LogP contribution in [0.3, 0.4) is 0 Å². The number of hydrogen-bond donors (Lipinski definition) is 1. The largest absolute Gasteiger partial charge is 0.478 e. The van der Waals surface area contributed by atoms with Gasteiger partial charge in [-0.15, -0.1) is 0 Å². The van der Waals surface area contributed by atoms with E-state index in [0.29, 0.717) is 16.2 Å². The highest BCUT2D eigenvalue weighted by Crippen LogP contribution is 2.23. The van der Waals surface area contributed by atoms with Crippen LogP contribution in [-0.4, -0.2) is 11.1 Å². The summed E-state index contributed by atoms with van der Waals surface area (Å²) in [5.74, 6) is -0.868. The highest BCUT2D eigenvalue weighted by atomic mass is 79.9. The van der Waals surface area contributed by atoms with Crippen LogP contribution in [0.5, 0.6) is 0 Å². The molecule has 19 heavy (non-hydrogen) atoms. The molecular formula is C15H16Br2O2. The summed E-state index contributed by atoms with van der Waals surface area (Å²) in [5, 5.41) is 10.7. The zero-order valence-corrected chi connectivity index (χ0v) is 13.7. The molecule has 0 heterocycles. The van der Waals surface area contributed by atoms with Crippen molar-refractivity contribution in [2.24, 2.45) is 0 Å². The molecule has 1 rings (SSSR count). The minimum Gasteiger partial charge on any atom is -0.478 e. The summed E-state index contributed by atoms with van der Waals surface area (Å²) >= 11 is 6.81. The third-order valence-electron chi connectivity index (χ3n) is 2.76. The van der Waals surface area contributed by atoms with E-state index in [2.05, 4.69) is 38.4 Å². The fourth-order valence-electron chi connectivity index (χ4n) is 1.90. The van der Waals surface area contributed by atoms with Gasteiger partial charge in [0.05, 0.1) is 5.56 Å². The van der Waals surface area contributed by atoms with E-state index in [-0.39, 0.29) is 0 Å². The SMILES string of the molecule is C=CC=CCCc1c(CBr)cc(CBr)cc1C(=O)O. The number of carboxylic acid groups (broad SMARTS) is 1. The molecule has 0 aliphatic heterocycles. The van der Waals surface area contributed by atoms with Crippen molar-refractivity contribution in [1.82, 2.24) is 0 Å². The quantitative estimate of drug-likeness (QED) is 0.536. The van der Waals surface area contributed by atoms with Crippen LogP contribution in [0.2, 0.25) is 0 Å². The lowest BCUT2D eigenvalue weighted by Crippen LogP contribution is -2.07. The Labute approximate surface area is 130 Å². The summed E-state index contributed by atoms with van der Waals surface area (Å²) in [4.78, 5) is 11.4. The minimum atomic E-state index is -0.868. The van der Waals surface area contributed by atoms with Crippen LogP contribution in [0.4, 0.5) is 0 Å². The summed E-state index contributed by atoms with van der Waals surface area (Å²) in [6.07, 6.45) is 7.11. The molecule has 0 aromatic heterocycles. The number of aromatic carboxylic acids is 1. The normalized spacial score (nSPS) is 10.8. The van der Waals surface area contributed by atoms with Crippen molar-refractivity contribution in [1.29, 1.82) is 0 Å². The zero-order chi connectivity index (χ0) is 14.3. The van der Waals surface area contributed by atoms with Crippen LogP contribution in [-0.2, 0) is 17.1 Å². The molecule has 1 N–H and O–H groups in total. The Morgan fingerprint density at radius 1 is 1.32 bits per heavy atom. The van der Waals surface area contributed by atoms with E-state index in [4.69, 9.17) is 0 Å². The van der Waals surface area contributed by atoms with Gasteiger partial charge in [0.25, 0.3) is 0 Å². The molecule has 1 aromatic carbocycles. The van der Waals surface area contributed by atoms with E-state index >= 15 is 0 Å². The van der Waals surface area contributed by atoms with E-state index in [1.807, 2.05) is 18.2 Å². The molecule has 0 spiro atoms. The van der Waals surface area contributed by atoms with Crippen molar-refractivity contribution in [2.45, 2.75) is 23.5 Å². The van der Waals surface area contributed by atoms with Crippen LogP contribution in [0.15, 0.2) is 36.9 Å². The Kier molecular flexibility index (Phi) is 7.10. The fraction of sp³-hybridized carbons (Fsp3) is 0.267. The molecule has 0 aliphatic carbocycles. The molecule has 0 amide bonds. The minimum absolute atomic E-state index is 0.401. The van der Waals surface area contributed by atoms with Crippen molar-refractivity contribution in [3.05, 3.63) is 59.2 Å². The molecule has 0 radical (unpaired) electrons. The number of rotatable bonds is 7. The summed E-state index contributed by atoms with van der Waals surface area (Å²) < 4.78 is 0. The number of benzene rings is 1.